The van der Waals surface area contributed by atoms with Crippen molar-refractivity contribution in [3.05, 3.63) is 23.0 Å². The minimum Gasteiger partial charge on any atom is -0.480 e. The van der Waals surface area contributed by atoms with Crippen molar-refractivity contribution in [1.29, 1.82) is 0 Å². The number of nitrogens with zero attached hydrogens (tertiary/aromatic N) is 2. The highest BCUT2D eigenvalue weighted by molar-refractivity contribution is 6.07. The summed E-state index contributed by atoms with van der Waals surface area (Å²) in [6.07, 6.45) is 0. The van der Waals surface area contributed by atoms with E-state index in [1.54, 1.807) is 13.8 Å². The second-order valence-electron chi connectivity index (χ2n) is 4.31. The van der Waals surface area contributed by atoms with Crippen LogP contribution in [0.2, 0.25) is 0 Å². The van der Waals surface area contributed by atoms with Gasteiger partial charge >= 0.3 is 5.97 Å². The second kappa shape index (κ2) is 5.25. The Labute approximate surface area is 113 Å². The Kier molecular flexibility index (Phi) is 3.66. The predicted octanol–water partition coefficient (Wildman–Crippen LogP) is 0.0149. The van der Waals surface area contributed by atoms with Gasteiger partial charge in [0.2, 0.25) is 0 Å². The van der Waals surface area contributed by atoms with Crippen LogP contribution in [0.15, 0.2) is 10.6 Å². The Morgan fingerprint density at radius 1 is 1.45 bits per heavy atom. The molecule has 0 bridgehead atoms. The van der Waals surface area contributed by atoms with Gasteiger partial charge in [-0.3, -0.25) is 4.79 Å². The van der Waals surface area contributed by atoms with E-state index in [2.05, 4.69) is 15.5 Å². The summed E-state index contributed by atoms with van der Waals surface area (Å²) < 4.78 is 4.99. The van der Waals surface area contributed by atoms with E-state index in [-0.39, 0.29) is 11.3 Å². The molecule has 3 N–H and O–H groups in total. The molecular formula is C12H13N3O5. The van der Waals surface area contributed by atoms with Gasteiger partial charge < -0.3 is 20.1 Å². The van der Waals surface area contributed by atoms with Crippen molar-refractivity contribution in [3.63, 3.8) is 0 Å². The summed E-state index contributed by atoms with van der Waals surface area (Å²) in [6.45, 7) is 2.63. The number of fused-ring (bicyclic) bond motifs is 1. The number of hydrogen-bond acceptors (Lipinski definition) is 6. The molecule has 0 saturated carbocycles. The molecule has 0 saturated heterocycles. The van der Waals surface area contributed by atoms with Crippen molar-refractivity contribution in [1.82, 2.24) is 15.5 Å². The molecule has 2 aromatic heterocycles. The van der Waals surface area contributed by atoms with Crippen LogP contribution in [-0.4, -0.2) is 44.9 Å². The average Bonchev–Trinajstić information content (AvgIpc) is 2.75. The highest BCUT2D eigenvalue weighted by atomic mass is 16.5. The van der Waals surface area contributed by atoms with Crippen LogP contribution < -0.4 is 5.32 Å². The fourth-order valence-electron chi connectivity index (χ4n) is 1.82. The van der Waals surface area contributed by atoms with E-state index in [0.29, 0.717) is 16.8 Å². The molecule has 0 spiro atoms. The van der Waals surface area contributed by atoms with Crippen LogP contribution in [0.4, 0.5) is 0 Å². The largest absolute Gasteiger partial charge is 0.480 e. The van der Waals surface area contributed by atoms with Crippen molar-refractivity contribution in [2.24, 2.45) is 0 Å². The summed E-state index contributed by atoms with van der Waals surface area (Å²) in [5, 5.41) is 24.2. The molecule has 0 aliphatic heterocycles. The van der Waals surface area contributed by atoms with Crippen LogP contribution in [0.1, 0.15) is 21.7 Å². The molecule has 1 atom stereocenters. The number of hydrogen-bond donors (Lipinski definition) is 3. The highest BCUT2D eigenvalue weighted by Crippen LogP contribution is 2.21. The third kappa shape index (κ3) is 2.45. The van der Waals surface area contributed by atoms with Crippen LogP contribution in [-0.2, 0) is 4.79 Å². The Balaban J connectivity index is 2.44. The second-order valence-corrected chi connectivity index (χ2v) is 4.31. The SMILES string of the molecule is Cc1cc(C(=O)NC(CO)C(=O)O)c2c(C)noc2n1. The van der Waals surface area contributed by atoms with Gasteiger partial charge in [0, 0.05) is 5.69 Å². The predicted molar refractivity (Wildman–Crippen MR) is 67.3 cm³/mol. The number of rotatable bonds is 4. The monoisotopic (exact) mass is 279 g/mol. The molecule has 0 fully saturated rings. The zero-order valence-electron chi connectivity index (χ0n) is 10.9. The van der Waals surface area contributed by atoms with Crippen LogP contribution in [0.25, 0.3) is 11.1 Å². The van der Waals surface area contributed by atoms with Crippen LogP contribution in [0.3, 0.4) is 0 Å². The van der Waals surface area contributed by atoms with E-state index < -0.39 is 24.5 Å². The molecule has 2 heterocycles. The Bertz CT molecular complexity index is 679. The molecule has 0 radical (unpaired) electrons. The van der Waals surface area contributed by atoms with Crippen LogP contribution in [0.5, 0.6) is 0 Å². The summed E-state index contributed by atoms with van der Waals surface area (Å²) in [5.74, 6) is -1.95. The quantitative estimate of drug-likeness (QED) is 0.720. The molecule has 0 aliphatic carbocycles. The minimum absolute atomic E-state index is 0.212. The first-order chi connectivity index (χ1) is 9.43. The first-order valence-electron chi connectivity index (χ1n) is 5.82. The fourth-order valence-corrected chi connectivity index (χ4v) is 1.82. The van der Waals surface area contributed by atoms with Crippen molar-refractivity contribution in [3.8, 4) is 0 Å². The molecule has 106 valence electrons. The van der Waals surface area contributed by atoms with Crippen LogP contribution >= 0.6 is 0 Å². The Morgan fingerprint density at radius 2 is 2.15 bits per heavy atom. The zero-order valence-corrected chi connectivity index (χ0v) is 10.9. The standard InChI is InChI=1S/C12H13N3O5/c1-5-3-7(9-6(2)15-20-11(9)13-5)10(17)14-8(4-16)12(18)19/h3,8,16H,4H2,1-2H3,(H,14,17)(H,18,19). The molecule has 2 aromatic rings. The Hall–Kier alpha value is -2.48. The molecule has 1 amide bonds. The summed E-state index contributed by atoms with van der Waals surface area (Å²) in [7, 11) is 0. The topological polar surface area (TPSA) is 126 Å². The number of nitrogens with one attached hydrogen (secondary N) is 1. The molecule has 0 aromatic carbocycles. The number of aliphatic hydroxyl groups is 1. The molecule has 2 rings (SSSR count). The summed E-state index contributed by atoms with van der Waals surface area (Å²) in [5.41, 5.74) is 1.44. The van der Waals surface area contributed by atoms with E-state index in [1.807, 2.05) is 0 Å². The lowest BCUT2D eigenvalue weighted by Gasteiger charge is -2.12. The van der Waals surface area contributed by atoms with Gasteiger partial charge in [-0.1, -0.05) is 5.16 Å². The van der Waals surface area contributed by atoms with Crippen LogP contribution in [0, 0.1) is 13.8 Å². The van der Waals surface area contributed by atoms with Gasteiger partial charge in [-0.2, -0.15) is 0 Å². The van der Waals surface area contributed by atoms with E-state index in [0.717, 1.165) is 0 Å². The maximum absolute atomic E-state index is 12.2. The van der Waals surface area contributed by atoms with Gasteiger partial charge in [0.15, 0.2) is 6.04 Å². The number of carbonyl (C=O) groups excluding carboxylic acids is 1. The summed E-state index contributed by atoms with van der Waals surface area (Å²) >= 11 is 0. The van der Waals surface area contributed by atoms with E-state index in [9.17, 15) is 9.59 Å². The lowest BCUT2D eigenvalue weighted by atomic mass is 10.1. The van der Waals surface area contributed by atoms with E-state index in [1.165, 1.54) is 6.07 Å². The lowest BCUT2D eigenvalue weighted by molar-refractivity contribution is -0.140. The molecular weight excluding hydrogens is 266 g/mol. The van der Waals surface area contributed by atoms with Crippen molar-refractivity contribution in [2.45, 2.75) is 19.9 Å². The number of aliphatic hydroxyl groups excluding tert-OH is 1. The number of amides is 1. The molecule has 20 heavy (non-hydrogen) atoms. The number of carbonyl (C=O) groups is 2. The van der Waals surface area contributed by atoms with Crippen molar-refractivity contribution in [2.75, 3.05) is 6.61 Å². The van der Waals surface area contributed by atoms with Gasteiger partial charge in [-0.25, -0.2) is 9.78 Å². The maximum Gasteiger partial charge on any atom is 0.328 e. The zero-order chi connectivity index (χ0) is 14.9. The molecule has 1 unspecified atom stereocenters. The van der Waals surface area contributed by atoms with Gasteiger partial charge in [0.25, 0.3) is 11.6 Å². The number of aromatic nitrogens is 2. The summed E-state index contributed by atoms with van der Waals surface area (Å²) in [6, 6.07) is 0.143. The van der Waals surface area contributed by atoms with Gasteiger partial charge in [0.1, 0.15) is 0 Å². The summed E-state index contributed by atoms with van der Waals surface area (Å²) in [4.78, 5) is 27.1. The van der Waals surface area contributed by atoms with Crippen molar-refractivity contribution >= 4 is 23.0 Å². The normalized spacial score (nSPS) is 12.3. The van der Waals surface area contributed by atoms with Gasteiger partial charge in [-0.05, 0) is 19.9 Å². The lowest BCUT2D eigenvalue weighted by Crippen LogP contribution is -2.43. The highest BCUT2D eigenvalue weighted by Gasteiger charge is 2.23. The van der Waals surface area contributed by atoms with E-state index >= 15 is 0 Å². The molecule has 0 aliphatic rings. The Morgan fingerprint density at radius 3 is 2.75 bits per heavy atom. The number of carboxylic acid groups (broad SMARTS) is 1. The molecule has 8 nitrogen and oxygen atoms in total. The van der Waals surface area contributed by atoms with Gasteiger partial charge in [0.05, 0.1) is 23.3 Å². The number of aryl methyl sites for hydroxylation is 2. The first kappa shape index (κ1) is 13.9. The first-order valence-corrected chi connectivity index (χ1v) is 5.82. The third-order valence-electron chi connectivity index (χ3n) is 2.78. The third-order valence-corrected chi connectivity index (χ3v) is 2.78. The number of aliphatic carboxylic acids is 1. The maximum atomic E-state index is 12.2. The van der Waals surface area contributed by atoms with Gasteiger partial charge in [-0.15, -0.1) is 0 Å². The minimum atomic E-state index is -1.37. The number of pyridine rings is 1. The average molecular weight is 279 g/mol. The smallest absolute Gasteiger partial charge is 0.328 e. The molecule has 8 heteroatoms. The fraction of sp³-hybridized carbons (Fsp3) is 0.333. The van der Waals surface area contributed by atoms with E-state index in [4.69, 9.17) is 14.7 Å². The number of carboxylic acids is 1. The van der Waals surface area contributed by atoms with Crippen molar-refractivity contribution < 1.29 is 24.3 Å².